The Kier molecular flexibility index (Phi) is 5.77. The predicted octanol–water partition coefficient (Wildman–Crippen LogP) is 2.09. The van der Waals surface area contributed by atoms with Crippen molar-refractivity contribution in [2.45, 2.75) is 37.8 Å². The molecule has 0 radical (unpaired) electrons. The van der Waals surface area contributed by atoms with E-state index < -0.39 is 0 Å². The zero-order valence-corrected chi connectivity index (χ0v) is 16.5. The molecule has 2 saturated heterocycles. The number of fused-ring (bicyclic) bond motifs is 1. The van der Waals surface area contributed by atoms with Gasteiger partial charge >= 0.3 is 0 Å². The van der Waals surface area contributed by atoms with Gasteiger partial charge in [-0.25, -0.2) is 0 Å². The molecule has 150 valence electrons. The third kappa shape index (κ3) is 4.41. The van der Waals surface area contributed by atoms with Gasteiger partial charge in [0, 0.05) is 25.7 Å². The molecule has 2 amide bonds. The fraction of sp³-hybridized carbons (Fsp3) is 0.435. The average molecular weight is 390 g/mol. The SMILES string of the molecule is N#CC1CCCN1C(=O)CN1CC[C@H](NC(=O)Cc2cccc3ccccc23)C1. The van der Waals surface area contributed by atoms with E-state index in [4.69, 9.17) is 5.26 Å². The van der Waals surface area contributed by atoms with Crippen LogP contribution >= 0.6 is 0 Å². The molecule has 2 heterocycles. The molecular formula is C23H26N4O2. The maximum absolute atomic E-state index is 12.6. The van der Waals surface area contributed by atoms with E-state index >= 15 is 0 Å². The number of nitrogens with zero attached hydrogens (tertiary/aromatic N) is 3. The minimum Gasteiger partial charge on any atom is -0.352 e. The van der Waals surface area contributed by atoms with Crippen molar-refractivity contribution in [1.29, 1.82) is 5.26 Å². The van der Waals surface area contributed by atoms with Crippen LogP contribution in [0.15, 0.2) is 42.5 Å². The number of benzene rings is 2. The number of amides is 2. The van der Waals surface area contributed by atoms with Gasteiger partial charge in [-0.05, 0) is 35.6 Å². The molecule has 2 aliphatic rings. The number of rotatable bonds is 5. The Labute approximate surface area is 171 Å². The van der Waals surface area contributed by atoms with E-state index in [0.29, 0.717) is 26.1 Å². The molecule has 29 heavy (non-hydrogen) atoms. The number of likely N-dealkylation sites (tertiary alicyclic amines) is 2. The highest BCUT2D eigenvalue weighted by Gasteiger charge is 2.31. The first-order valence-electron chi connectivity index (χ1n) is 10.3. The van der Waals surface area contributed by atoms with E-state index in [0.717, 1.165) is 42.1 Å². The van der Waals surface area contributed by atoms with Crippen molar-refractivity contribution in [1.82, 2.24) is 15.1 Å². The lowest BCUT2D eigenvalue weighted by Crippen LogP contribution is -2.43. The molecule has 0 saturated carbocycles. The van der Waals surface area contributed by atoms with Crippen LogP contribution in [-0.2, 0) is 16.0 Å². The first kappa shape index (κ1) is 19.4. The molecule has 6 nitrogen and oxygen atoms in total. The molecule has 0 bridgehead atoms. The summed E-state index contributed by atoms with van der Waals surface area (Å²) in [6.07, 6.45) is 2.87. The Hall–Kier alpha value is -2.91. The van der Waals surface area contributed by atoms with Gasteiger partial charge in [0.15, 0.2) is 0 Å². The molecule has 2 fully saturated rings. The molecule has 2 atom stereocenters. The van der Waals surface area contributed by atoms with Gasteiger partial charge in [-0.1, -0.05) is 42.5 Å². The zero-order chi connectivity index (χ0) is 20.2. The number of hydrogen-bond acceptors (Lipinski definition) is 4. The van der Waals surface area contributed by atoms with Crippen LogP contribution in [0.1, 0.15) is 24.8 Å². The van der Waals surface area contributed by atoms with Crippen LogP contribution in [0, 0.1) is 11.3 Å². The fourth-order valence-electron chi connectivity index (χ4n) is 4.47. The molecule has 0 spiro atoms. The standard InChI is InChI=1S/C23H26N4O2/c24-14-20-8-4-11-27(20)23(29)16-26-12-10-19(15-26)25-22(28)13-18-7-3-6-17-5-1-2-9-21(17)18/h1-3,5-7,9,19-20H,4,8,10-13,15-16H2,(H,25,28)/t19-,20?/m0/s1. The summed E-state index contributed by atoms with van der Waals surface area (Å²) in [6, 6.07) is 16.2. The second kappa shape index (κ2) is 8.62. The van der Waals surface area contributed by atoms with Crippen LogP contribution in [-0.4, -0.2) is 59.9 Å². The van der Waals surface area contributed by atoms with Gasteiger partial charge in [-0.15, -0.1) is 0 Å². The van der Waals surface area contributed by atoms with Crippen LogP contribution < -0.4 is 5.32 Å². The van der Waals surface area contributed by atoms with E-state index in [1.165, 1.54) is 0 Å². The van der Waals surface area contributed by atoms with Crippen molar-refractivity contribution in [2.75, 3.05) is 26.2 Å². The second-order valence-corrected chi connectivity index (χ2v) is 7.98. The van der Waals surface area contributed by atoms with Crippen molar-refractivity contribution in [2.24, 2.45) is 0 Å². The van der Waals surface area contributed by atoms with E-state index in [9.17, 15) is 9.59 Å². The molecule has 2 aliphatic heterocycles. The largest absolute Gasteiger partial charge is 0.352 e. The molecule has 1 N–H and O–H groups in total. The highest BCUT2D eigenvalue weighted by molar-refractivity contribution is 5.90. The molecule has 6 heteroatoms. The maximum Gasteiger partial charge on any atom is 0.237 e. The van der Waals surface area contributed by atoms with E-state index in [1.54, 1.807) is 4.90 Å². The number of nitriles is 1. The summed E-state index contributed by atoms with van der Waals surface area (Å²) >= 11 is 0. The monoisotopic (exact) mass is 390 g/mol. The lowest BCUT2D eigenvalue weighted by Gasteiger charge is -2.23. The van der Waals surface area contributed by atoms with Crippen LogP contribution in [0.25, 0.3) is 10.8 Å². The Morgan fingerprint density at radius 3 is 2.79 bits per heavy atom. The third-order valence-electron chi connectivity index (χ3n) is 5.95. The summed E-state index contributed by atoms with van der Waals surface area (Å²) in [5.41, 5.74) is 1.03. The molecule has 0 aliphatic carbocycles. The first-order chi connectivity index (χ1) is 14.1. The minimum absolute atomic E-state index is 0.0172. The van der Waals surface area contributed by atoms with Gasteiger partial charge in [-0.3, -0.25) is 14.5 Å². The highest BCUT2D eigenvalue weighted by atomic mass is 16.2. The van der Waals surface area contributed by atoms with E-state index in [-0.39, 0.29) is 23.9 Å². The van der Waals surface area contributed by atoms with Crippen molar-refractivity contribution < 1.29 is 9.59 Å². The Balaban J connectivity index is 1.29. The smallest absolute Gasteiger partial charge is 0.237 e. The van der Waals surface area contributed by atoms with Gasteiger partial charge in [0.1, 0.15) is 6.04 Å². The van der Waals surface area contributed by atoms with Crippen molar-refractivity contribution in [3.8, 4) is 6.07 Å². The minimum atomic E-state index is -0.277. The summed E-state index contributed by atoms with van der Waals surface area (Å²) < 4.78 is 0. The first-order valence-corrected chi connectivity index (χ1v) is 10.3. The van der Waals surface area contributed by atoms with E-state index in [2.05, 4.69) is 28.4 Å². The molecule has 2 aromatic rings. The third-order valence-corrected chi connectivity index (χ3v) is 5.95. The number of carbonyl (C=O) groups excluding carboxylic acids is 2. The van der Waals surface area contributed by atoms with Gasteiger partial charge in [0.2, 0.25) is 11.8 Å². The predicted molar refractivity (Wildman–Crippen MR) is 111 cm³/mol. The number of carbonyl (C=O) groups is 2. The van der Waals surface area contributed by atoms with E-state index in [1.807, 2.05) is 30.3 Å². The summed E-state index contributed by atoms with van der Waals surface area (Å²) in [6.45, 7) is 2.47. The van der Waals surface area contributed by atoms with Gasteiger partial charge < -0.3 is 10.2 Å². The molecule has 2 aromatic carbocycles. The molecule has 0 aromatic heterocycles. The second-order valence-electron chi connectivity index (χ2n) is 7.98. The molecular weight excluding hydrogens is 364 g/mol. The maximum atomic E-state index is 12.6. The summed E-state index contributed by atoms with van der Waals surface area (Å²) in [5, 5.41) is 14.5. The summed E-state index contributed by atoms with van der Waals surface area (Å²) in [7, 11) is 0. The quantitative estimate of drug-likeness (QED) is 0.848. The average Bonchev–Trinajstić information content (AvgIpc) is 3.37. The van der Waals surface area contributed by atoms with Gasteiger partial charge in [0.05, 0.1) is 19.0 Å². The Bertz CT molecular complexity index is 946. The lowest BCUT2D eigenvalue weighted by atomic mass is 10.0. The van der Waals surface area contributed by atoms with Crippen molar-refractivity contribution in [3.63, 3.8) is 0 Å². The lowest BCUT2D eigenvalue weighted by molar-refractivity contribution is -0.132. The van der Waals surface area contributed by atoms with Crippen molar-refractivity contribution in [3.05, 3.63) is 48.0 Å². The molecule has 1 unspecified atom stereocenters. The van der Waals surface area contributed by atoms with Gasteiger partial charge in [-0.2, -0.15) is 5.26 Å². The van der Waals surface area contributed by atoms with Crippen LogP contribution in [0.2, 0.25) is 0 Å². The van der Waals surface area contributed by atoms with Crippen LogP contribution in [0.5, 0.6) is 0 Å². The Morgan fingerprint density at radius 2 is 1.93 bits per heavy atom. The highest BCUT2D eigenvalue weighted by Crippen LogP contribution is 2.20. The summed E-state index contributed by atoms with van der Waals surface area (Å²) in [5.74, 6) is 0.0420. The normalized spacial score (nSPS) is 22.0. The van der Waals surface area contributed by atoms with Crippen LogP contribution in [0.4, 0.5) is 0 Å². The van der Waals surface area contributed by atoms with Crippen molar-refractivity contribution >= 4 is 22.6 Å². The van der Waals surface area contributed by atoms with Gasteiger partial charge in [0.25, 0.3) is 0 Å². The zero-order valence-electron chi connectivity index (χ0n) is 16.5. The topological polar surface area (TPSA) is 76.4 Å². The number of nitrogens with one attached hydrogen (secondary N) is 1. The summed E-state index contributed by atoms with van der Waals surface area (Å²) in [4.78, 5) is 28.9. The van der Waals surface area contributed by atoms with Crippen LogP contribution in [0.3, 0.4) is 0 Å². The Morgan fingerprint density at radius 1 is 1.10 bits per heavy atom. The number of hydrogen-bond donors (Lipinski definition) is 1. The fourth-order valence-corrected chi connectivity index (χ4v) is 4.47. The molecule has 4 rings (SSSR count).